The van der Waals surface area contributed by atoms with E-state index < -0.39 is 0 Å². The summed E-state index contributed by atoms with van der Waals surface area (Å²) in [6.07, 6.45) is 2.95. The second kappa shape index (κ2) is 6.15. The molecule has 0 unspecified atom stereocenters. The van der Waals surface area contributed by atoms with Gasteiger partial charge in [-0.3, -0.25) is 9.78 Å². The van der Waals surface area contributed by atoms with Crippen molar-refractivity contribution in [1.29, 1.82) is 0 Å². The van der Waals surface area contributed by atoms with Crippen LogP contribution in [0.2, 0.25) is 0 Å². The van der Waals surface area contributed by atoms with Crippen LogP contribution in [0.25, 0.3) is 10.9 Å². The van der Waals surface area contributed by atoms with E-state index in [2.05, 4.69) is 15.5 Å². The van der Waals surface area contributed by atoms with E-state index in [1.807, 2.05) is 6.07 Å². The van der Waals surface area contributed by atoms with Gasteiger partial charge in [0.15, 0.2) is 0 Å². The minimum Gasteiger partial charge on any atom is -0.508 e. The summed E-state index contributed by atoms with van der Waals surface area (Å²) in [5.74, 6) is -0.429. The third kappa shape index (κ3) is 3.26. The van der Waals surface area contributed by atoms with Gasteiger partial charge < -0.3 is 10.2 Å². The molecule has 1 amide bonds. The van der Waals surface area contributed by atoms with Gasteiger partial charge in [0.1, 0.15) is 11.5 Å². The number of hydrogen-bond donors (Lipinski definition) is 3. The first-order chi connectivity index (χ1) is 11.1. The Labute approximate surface area is 131 Å². The summed E-state index contributed by atoms with van der Waals surface area (Å²) in [7, 11) is 0. The molecule has 1 aromatic heterocycles. The summed E-state index contributed by atoms with van der Waals surface area (Å²) < 4.78 is 0. The largest absolute Gasteiger partial charge is 0.508 e. The number of nitrogens with zero attached hydrogens (tertiary/aromatic N) is 2. The Morgan fingerprint density at radius 1 is 1.13 bits per heavy atom. The van der Waals surface area contributed by atoms with Crippen LogP contribution in [-0.4, -0.2) is 27.3 Å². The van der Waals surface area contributed by atoms with E-state index in [0.29, 0.717) is 11.1 Å². The average molecular weight is 307 g/mol. The number of fused-ring (bicyclic) bond motifs is 1. The van der Waals surface area contributed by atoms with Crippen LogP contribution in [0, 0.1) is 0 Å². The van der Waals surface area contributed by atoms with Crippen molar-refractivity contribution in [2.24, 2.45) is 5.10 Å². The highest BCUT2D eigenvalue weighted by Crippen LogP contribution is 2.20. The van der Waals surface area contributed by atoms with Gasteiger partial charge in [0.25, 0.3) is 5.91 Å². The standard InChI is InChI=1S/C17H13N3O3/c21-14-4-6-16(22)13(9-14)10-19-20-17(23)12-3-5-15-11(8-12)2-1-7-18-15/h1-10,21-22H,(H,20,23)/b19-10-. The second-order valence-corrected chi connectivity index (χ2v) is 4.85. The number of carbonyl (C=O) groups is 1. The molecule has 0 saturated heterocycles. The number of pyridine rings is 1. The number of aromatic nitrogens is 1. The van der Waals surface area contributed by atoms with Crippen LogP contribution in [-0.2, 0) is 0 Å². The highest BCUT2D eigenvalue weighted by Gasteiger charge is 2.06. The van der Waals surface area contributed by atoms with Crippen LogP contribution in [0.4, 0.5) is 0 Å². The van der Waals surface area contributed by atoms with Crippen LogP contribution in [0.15, 0.2) is 59.8 Å². The van der Waals surface area contributed by atoms with E-state index in [1.165, 1.54) is 24.4 Å². The maximum atomic E-state index is 12.1. The molecule has 23 heavy (non-hydrogen) atoms. The summed E-state index contributed by atoms with van der Waals surface area (Å²) in [6.45, 7) is 0. The minimum atomic E-state index is -0.383. The van der Waals surface area contributed by atoms with Crippen LogP contribution in [0.3, 0.4) is 0 Å². The first kappa shape index (κ1) is 14.5. The first-order valence-corrected chi connectivity index (χ1v) is 6.84. The first-order valence-electron chi connectivity index (χ1n) is 6.84. The van der Waals surface area contributed by atoms with E-state index in [1.54, 1.807) is 30.5 Å². The average Bonchev–Trinajstić information content (AvgIpc) is 2.57. The van der Waals surface area contributed by atoms with E-state index in [-0.39, 0.29) is 17.4 Å². The normalized spacial score (nSPS) is 11.0. The lowest BCUT2D eigenvalue weighted by molar-refractivity contribution is 0.0955. The number of amides is 1. The molecule has 6 heteroatoms. The van der Waals surface area contributed by atoms with Crippen molar-refractivity contribution < 1.29 is 15.0 Å². The smallest absolute Gasteiger partial charge is 0.271 e. The third-order valence-electron chi connectivity index (χ3n) is 3.25. The number of benzene rings is 2. The fourth-order valence-electron chi connectivity index (χ4n) is 2.09. The fraction of sp³-hybridized carbons (Fsp3) is 0. The molecule has 0 saturated carbocycles. The third-order valence-corrected chi connectivity index (χ3v) is 3.25. The van der Waals surface area contributed by atoms with E-state index in [9.17, 15) is 15.0 Å². The minimum absolute atomic E-state index is 0.00222. The predicted molar refractivity (Wildman–Crippen MR) is 86.6 cm³/mol. The van der Waals surface area contributed by atoms with Crippen molar-refractivity contribution in [3.8, 4) is 11.5 Å². The molecule has 3 aromatic rings. The summed E-state index contributed by atoms with van der Waals surface area (Å²) in [5, 5.41) is 23.6. The quantitative estimate of drug-likeness (QED) is 0.393. The van der Waals surface area contributed by atoms with Gasteiger partial charge in [0.2, 0.25) is 0 Å². The molecular weight excluding hydrogens is 294 g/mol. The Morgan fingerprint density at radius 2 is 2.00 bits per heavy atom. The van der Waals surface area contributed by atoms with Crippen LogP contribution in [0.1, 0.15) is 15.9 Å². The monoisotopic (exact) mass is 307 g/mol. The van der Waals surface area contributed by atoms with Crippen molar-refractivity contribution in [2.45, 2.75) is 0 Å². The summed E-state index contributed by atoms with van der Waals surface area (Å²) >= 11 is 0. The molecule has 1 heterocycles. The van der Waals surface area contributed by atoms with Crippen LogP contribution < -0.4 is 5.43 Å². The van der Waals surface area contributed by atoms with Gasteiger partial charge in [-0.25, -0.2) is 5.43 Å². The topological polar surface area (TPSA) is 94.8 Å². The van der Waals surface area contributed by atoms with Gasteiger partial charge in [0.05, 0.1) is 11.7 Å². The van der Waals surface area contributed by atoms with Gasteiger partial charge in [-0.05, 0) is 42.5 Å². The molecule has 3 N–H and O–H groups in total. The number of nitrogens with one attached hydrogen (secondary N) is 1. The van der Waals surface area contributed by atoms with Crippen LogP contribution >= 0.6 is 0 Å². The molecule has 6 nitrogen and oxygen atoms in total. The number of hydrogen-bond acceptors (Lipinski definition) is 5. The van der Waals surface area contributed by atoms with Gasteiger partial charge >= 0.3 is 0 Å². The maximum Gasteiger partial charge on any atom is 0.271 e. The van der Waals surface area contributed by atoms with Gasteiger partial charge in [-0.2, -0.15) is 5.10 Å². The number of rotatable bonds is 3. The molecule has 2 aromatic carbocycles. The van der Waals surface area contributed by atoms with Gasteiger partial charge in [-0.1, -0.05) is 6.07 Å². The van der Waals surface area contributed by atoms with Gasteiger partial charge in [0, 0.05) is 22.7 Å². The molecule has 0 spiro atoms. The predicted octanol–water partition coefficient (Wildman–Crippen LogP) is 2.41. The Balaban J connectivity index is 1.75. The second-order valence-electron chi connectivity index (χ2n) is 4.85. The number of carbonyl (C=O) groups excluding carboxylic acids is 1. The molecule has 0 aliphatic rings. The molecule has 0 atom stereocenters. The summed E-state index contributed by atoms with van der Waals surface area (Å²) in [4.78, 5) is 16.3. The fourth-order valence-corrected chi connectivity index (χ4v) is 2.09. The van der Waals surface area contributed by atoms with E-state index in [4.69, 9.17) is 0 Å². The molecule has 0 bridgehead atoms. The van der Waals surface area contributed by atoms with Crippen molar-refractivity contribution in [1.82, 2.24) is 10.4 Å². The Morgan fingerprint density at radius 3 is 2.87 bits per heavy atom. The number of phenolic OH excluding ortho intramolecular Hbond substituents is 2. The SMILES string of the molecule is O=C(N/N=C\c1cc(O)ccc1O)c1ccc2ncccc2c1. The van der Waals surface area contributed by atoms with Crippen molar-refractivity contribution in [3.63, 3.8) is 0 Å². The van der Waals surface area contributed by atoms with Crippen LogP contribution in [0.5, 0.6) is 11.5 Å². The zero-order valence-corrected chi connectivity index (χ0v) is 12.0. The molecule has 0 fully saturated rings. The molecule has 3 rings (SSSR count). The van der Waals surface area contributed by atoms with E-state index >= 15 is 0 Å². The Hall–Kier alpha value is -3.41. The van der Waals surface area contributed by atoms with Gasteiger partial charge in [-0.15, -0.1) is 0 Å². The maximum absolute atomic E-state index is 12.1. The lowest BCUT2D eigenvalue weighted by atomic mass is 10.1. The highest BCUT2D eigenvalue weighted by molar-refractivity contribution is 5.98. The molecular formula is C17H13N3O3. The number of aromatic hydroxyl groups is 2. The van der Waals surface area contributed by atoms with Crippen molar-refractivity contribution in [2.75, 3.05) is 0 Å². The summed E-state index contributed by atoms with van der Waals surface area (Å²) in [5.41, 5.74) is 3.93. The lowest BCUT2D eigenvalue weighted by Crippen LogP contribution is -2.17. The number of phenols is 2. The highest BCUT2D eigenvalue weighted by atomic mass is 16.3. The molecule has 114 valence electrons. The zero-order valence-electron chi connectivity index (χ0n) is 12.0. The van der Waals surface area contributed by atoms with Crippen molar-refractivity contribution in [3.05, 3.63) is 65.9 Å². The number of hydrazone groups is 1. The Kier molecular flexibility index (Phi) is 3.88. The lowest BCUT2D eigenvalue weighted by Gasteiger charge is -2.02. The summed E-state index contributed by atoms with van der Waals surface area (Å²) in [6, 6.07) is 12.8. The molecule has 0 aliphatic carbocycles. The molecule has 0 aliphatic heterocycles. The Bertz CT molecular complexity index is 906. The van der Waals surface area contributed by atoms with E-state index in [0.717, 1.165) is 10.9 Å². The van der Waals surface area contributed by atoms with Crippen molar-refractivity contribution >= 4 is 23.0 Å². The zero-order chi connectivity index (χ0) is 16.2. The molecule has 0 radical (unpaired) electrons.